The van der Waals surface area contributed by atoms with E-state index in [1.807, 2.05) is 12.1 Å². The van der Waals surface area contributed by atoms with Crippen molar-refractivity contribution in [1.29, 1.82) is 0 Å². The van der Waals surface area contributed by atoms with Gasteiger partial charge in [-0.3, -0.25) is 19.3 Å². The Bertz CT molecular complexity index is 859. The molecular weight excluding hydrogens is 352 g/mol. The molecule has 0 saturated carbocycles. The minimum atomic E-state index is -0.267. The van der Waals surface area contributed by atoms with Crippen molar-refractivity contribution in [1.82, 2.24) is 9.80 Å². The summed E-state index contributed by atoms with van der Waals surface area (Å²) in [7, 11) is 0. The maximum absolute atomic E-state index is 12.6. The van der Waals surface area contributed by atoms with Crippen molar-refractivity contribution in [2.45, 2.75) is 18.9 Å². The number of likely N-dealkylation sites (tertiary alicyclic amines) is 1. The normalized spacial score (nSPS) is 19.2. The fourth-order valence-corrected chi connectivity index (χ4v) is 3.73. The van der Waals surface area contributed by atoms with E-state index in [4.69, 9.17) is 11.6 Å². The molecule has 2 heterocycles. The molecule has 0 aromatic heterocycles. The molecule has 5 nitrogen and oxygen atoms in total. The predicted molar refractivity (Wildman–Crippen MR) is 97.1 cm³/mol. The molecule has 26 heavy (non-hydrogen) atoms. The first-order valence-corrected chi connectivity index (χ1v) is 8.91. The lowest BCUT2D eigenvalue weighted by atomic mass is 10.1. The second-order valence-electron chi connectivity index (χ2n) is 6.61. The highest BCUT2D eigenvalue weighted by molar-refractivity contribution is 6.30. The van der Waals surface area contributed by atoms with Crippen LogP contribution < -0.4 is 0 Å². The zero-order valence-corrected chi connectivity index (χ0v) is 14.8. The Morgan fingerprint density at radius 1 is 1.00 bits per heavy atom. The Morgan fingerprint density at radius 3 is 2.23 bits per heavy atom. The summed E-state index contributed by atoms with van der Waals surface area (Å²) in [6.45, 7) is 0.933. The molecule has 6 heteroatoms. The van der Waals surface area contributed by atoms with Gasteiger partial charge in [-0.15, -0.1) is 0 Å². The summed E-state index contributed by atoms with van der Waals surface area (Å²) in [4.78, 5) is 40.8. The van der Waals surface area contributed by atoms with Crippen LogP contribution in [0.1, 0.15) is 32.7 Å². The van der Waals surface area contributed by atoms with Crippen molar-refractivity contribution in [3.63, 3.8) is 0 Å². The van der Waals surface area contributed by atoms with E-state index in [-0.39, 0.29) is 30.2 Å². The molecule has 132 valence electrons. The van der Waals surface area contributed by atoms with E-state index in [1.165, 1.54) is 4.90 Å². The lowest BCUT2D eigenvalue weighted by Gasteiger charge is -2.22. The quantitative estimate of drug-likeness (QED) is 0.783. The van der Waals surface area contributed by atoms with Crippen molar-refractivity contribution < 1.29 is 14.4 Å². The highest BCUT2D eigenvalue weighted by Gasteiger charge is 2.42. The van der Waals surface area contributed by atoms with Crippen molar-refractivity contribution in [2.24, 2.45) is 0 Å². The molecule has 2 aromatic rings. The maximum Gasteiger partial charge on any atom is 0.261 e. The molecule has 0 N–H and O–H groups in total. The number of hydrogen-bond donors (Lipinski definition) is 0. The van der Waals surface area contributed by atoms with Gasteiger partial charge in [-0.05, 0) is 36.2 Å². The highest BCUT2D eigenvalue weighted by atomic mass is 35.5. The van der Waals surface area contributed by atoms with Gasteiger partial charge in [-0.25, -0.2) is 0 Å². The highest BCUT2D eigenvalue weighted by Crippen LogP contribution is 2.28. The molecule has 4 rings (SSSR count). The number of benzene rings is 2. The Morgan fingerprint density at radius 2 is 1.62 bits per heavy atom. The van der Waals surface area contributed by atoms with Crippen LogP contribution in [0.2, 0.25) is 5.02 Å². The van der Waals surface area contributed by atoms with Crippen LogP contribution >= 0.6 is 11.6 Å². The third-order valence-corrected chi connectivity index (χ3v) is 5.23. The first-order valence-electron chi connectivity index (χ1n) is 8.54. The molecular formula is C20H17ClN2O3. The van der Waals surface area contributed by atoms with E-state index in [2.05, 4.69) is 0 Å². The molecule has 1 unspecified atom stereocenters. The van der Waals surface area contributed by atoms with Crippen LogP contribution in [0.4, 0.5) is 0 Å². The number of carbonyl (C=O) groups is 3. The van der Waals surface area contributed by atoms with Crippen molar-refractivity contribution in [2.75, 3.05) is 13.1 Å². The van der Waals surface area contributed by atoms with Crippen LogP contribution in [-0.4, -0.2) is 46.7 Å². The van der Waals surface area contributed by atoms with Gasteiger partial charge in [0.1, 0.15) is 0 Å². The number of rotatable bonds is 3. The third kappa shape index (κ3) is 2.88. The molecule has 0 aliphatic carbocycles. The van der Waals surface area contributed by atoms with Crippen molar-refractivity contribution in [3.8, 4) is 0 Å². The number of imide groups is 1. The second-order valence-corrected chi connectivity index (χ2v) is 7.05. The van der Waals surface area contributed by atoms with E-state index >= 15 is 0 Å². The first-order chi connectivity index (χ1) is 12.5. The third-order valence-electron chi connectivity index (χ3n) is 4.98. The van der Waals surface area contributed by atoms with E-state index in [0.717, 1.165) is 5.56 Å². The number of amides is 3. The summed E-state index contributed by atoms with van der Waals surface area (Å²) < 4.78 is 0. The molecule has 1 saturated heterocycles. The summed E-state index contributed by atoms with van der Waals surface area (Å²) in [5, 5.41) is 0.632. The molecule has 0 bridgehead atoms. The Kier molecular flexibility index (Phi) is 4.24. The summed E-state index contributed by atoms with van der Waals surface area (Å²) in [6.07, 6.45) is 0.893. The van der Waals surface area contributed by atoms with Gasteiger partial charge in [0.05, 0.1) is 23.6 Å². The van der Waals surface area contributed by atoms with Gasteiger partial charge in [-0.1, -0.05) is 35.9 Å². The molecule has 2 aliphatic heterocycles. The maximum atomic E-state index is 12.6. The van der Waals surface area contributed by atoms with E-state index < -0.39 is 0 Å². The topological polar surface area (TPSA) is 57.7 Å². The second kappa shape index (κ2) is 6.57. The Hall–Kier alpha value is -2.66. The summed E-state index contributed by atoms with van der Waals surface area (Å²) >= 11 is 5.87. The number of carbonyl (C=O) groups excluding carboxylic acids is 3. The molecule has 3 amide bonds. The summed E-state index contributed by atoms with van der Waals surface area (Å²) in [5.41, 5.74) is 1.79. The van der Waals surface area contributed by atoms with Crippen LogP contribution in [-0.2, 0) is 11.2 Å². The van der Waals surface area contributed by atoms with Gasteiger partial charge in [0.15, 0.2) is 0 Å². The standard InChI is InChI=1S/C20H17ClN2O3/c21-14-7-5-13(6-8-14)11-18(24)22-10-9-15(12-22)23-19(25)16-3-1-2-4-17(16)20(23)26/h1-8,15H,9-12H2. The van der Waals surface area contributed by atoms with Crippen LogP contribution in [0.3, 0.4) is 0 Å². The Balaban J connectivity index is 1.44. The predicted octanol–water partition coefficient (Wildman–Crippen LogP) is 2.78. The average molecular weight is 369 g/mol. The fourth-order valence-electron chi connectivity index (χ4n) is 3.61. The number of fused-ring (bicyclic) bond motifs is 1. The SMILES string of the molecule is O=C(Cc1ccc(Cl)cc1)N1CCC(N2C(=O)c3ccccc3C2=O)C1. The molecule has 0 radical (unpaired) electrons. The van der Waals surface area contributed by atoms with Gasteiger partial charge in [0.2, 0.25) is 5.91 Å². The monoisotopic (exact) mass is 368 g/mol. The van der Waals surface area contributed by atoms with Gasteiger partial charge in [0, 0.05) is 18.1 Å². The van der Waals surface area contributed by atoms with Crippen molar-refractivity contribution in [3.05, 3.63) is 70.2 Å². The summed E-state index contributed by atoms with van der Waals surface area (Å²) in [6, 6.07) is 13.8. The number of halogens is 1. The lowest BCUT2D eigenvalue weighted by molar-refractivity contribution is -0.129. The van der Waals surface area contributed by atoms with Crippen LogP contribution in [0, 0.1) is 0 Å². The molecule has 2 aliphatic rings. The Labute approximate surface area is 156 Å². The van der Waals surface area contributed by atoms with E-state index in [1.54, 1.807) is 41.3 Å². The van der Waals surface area contributed by atoms with Crippen LogP contribution in [0.25, 0.3) is 0 Å². The zero-order valence-electron chi connectivity index (χ0n) is 14.0. The van der Waals surface area contributed by atoms with Gasteiger partial charge < -0.3 is 4.90 Å². The van der Waals surface area contributed by atoms with Crippen molar-refractivity contribution >= 4 is 29.3 Å². The van der Waals surface area contributed by atoms with Gasteiger partial charge in [-0.2, -0.15) is 0 Å². The first kappa shape index (κ1) is 16.8. The van der Waals surface area contributed by atoms with Gasteiger partial charge >= 0.3 is 0 Å². The van der Waals surface area contributed by atoms with Crippen LogP contribution in [0.5, 0.6) is 0 Å². The smallest absolute Gasteiger partial charge is 0.261 e. The molecule has 1 fully saturated rings. The lowest BCUT2D eigenvalue weighted by Crippen LogP contribution is -2.42. The minimum Gasteiger partial charge on any atom is -0.340 e. The summed E-state index contributed by atoms with van der Waals surface area (Å²) in [5.74, 6) is -0.531. The van der Waals surface area contributed by atoms with Gasteiger partial charge in [0.25, 0.3) is 11.8 Å². The zero-order chi connectivity index (χ0) is 18.3. The molecule has 2 aromatic carbocycles. The minimum absolute atomic E-state index is 0.00793. The largest absolute Gasteiger partial charge is 0.340 e. The molecule has 0 spiro atoms. The number of nitrogens with zero attached hydrogens (tertiary/aromatic N) is 2. The molecule has 1 atom stereocenters. The average Bonchev–Trinajstić information content (AvgIpc) is 3.21. The fraction of sp³-hybridized carbons (Fsp3) is 0.250. The van der Waals surface area contributed by atoms with E-state index in [0.29, 0.717) is 35.7 Å². The van der Waals surface area contributed by atoms with E-state index in [9.17, 15) is 14.4 Å². The van der Waals surface area contributed by atoms with Crippen LogP contribution in [0.15, 0.2) is 48.5 Å². The number of hydrogen-bond acceptors (Lipinski definition) is 3.